The molecule has 1 saturated carbocycles. The van der Waals surface area contributed by atoms with Crippen molar-refractivity contribution < 1.29 is 19.4 Å². The average Bonchev–Trinajstić information content (AvgIpc) is 2.81. The topological polar surface area (TPSA) is 59.0 Å². The maximum atomic E-state index is 12.4. The van der Waals surface area contributed by atoms with E-state index in [1.165, 1.54) is 5.56 Å². The van der Waals surface area contributed by atoms with Gasteiger partial charge in [-0.25, -0.2) is 0 Å². The number of carbonyl (C=O) groups is 1. The van der Waals surface area contributed by atoms with Crippen LogP contribution in [0.3, 0.4) is 0 Å². The maximum absolute atomic E-state index is 12.4. The van der Waals surface area contributed by atoms with Crippen LogP contribution in [-0.4, -0.2) is 41.8 Å². The second kappa shape index (κ2) is 5.83. The molecule has 0 saturated heterocycles. The molecule has 3 atom stereocenters. The molecule has 1 fully saturated rings. The smallest absolute Gasteiger partial charge is 0.314 e. The van der Waals surface area contributed by atoms with Crippen molar-refractivity contribution in [3.8, 4) is 11.5 Å². The summed E-state index contributed by atoms with van der Waals surface area (Å²) >= 11 is 0. The van der Waals surface area contributed by atoms with Crippen LogP contribution in [0.15, 0.2) is 24.3 Å². The third kappa shape index (κ3) is 2.33. The number of benzene rings is 1. The number of aliphatic hydroxyl groups is 1. The Balaban J connectivity index is 1.59. The lowest BCUT2D eigenvalue weighted by atomic mass is 9.69. The van der Waals surface area contributed by atoms with Gasteiger partial charge in [0.25, 0.3) is 0 Å². The SMILES string of the molecule is CN1CCC23C=C[C@H](O)C[C@@H]2Oc2c(OC(=O)C4CCC4)ccc(c23)C1. The summed E-state index contributed by atoms with van der Waals surface area (Å²) in [6.45, 7) is 1.82. The maximum Gasteiger partial charge on any atom is 0.314 e. The number of hydrogen-bond donors (Lipinski definition) is 1. The molecule has 5 nitrogen and oxygen atoms in total. The molecular formula is C21H25NO4. The number of nitrogens with zero attached hydrogens (tertiary/aromatic N) is 1. The minimum Gasteiger partial charge on any atom is -0.485 e. The number of esters is 1. The van der Waals surface area contributed by atoms with Crippen LogP contribution in [-0.2, 0) is 16.8 Å². The Hall–Kier alpha value is -1.85. The Labute approximate surface area is 153 Å². The Bertz CT molecular complexity index is 784. The van der Waals surface area contributed by atoms with Crippen molar-refractivity contribution in [2.75, 3.05) is 13.6 Å². The fourth-order valence-corrected chi connectivity index (χ4v) is 4.83. The summed E-state index contributed by atoms with van der Waals surface area (Å²) in [5, 5.41) is 10.1. The van der Waals surface area contributed by atoms with Crippen LogP contribution in [0.25, 0.3) is 0 Å². The van der Waals surface area contributed by atoms with Crippen LogP contribution in [0, 0.1) is 5.92 Å². The summed E-state index contributed by atoms with van der Waals surface area (Å²) in [6, 6.07) is 3.96. The molecule has 0 bridgehead atoms. The Morgan fingerprint density at radius 2 is 2.23 bits per heavy atom. The van der Waals surface area contributed by atoms with E-state index in [1.807, 2.05) is 12.1 Å². The van der Waals surface area contributed by atoms with Crippen molar-refractivity contribution in [3.05, 3.63) is 35.4 Å². The molecule has 0 amide bonds. The molecule has 1 aromatic rings. The Morgan fingerprint density at radius 1 is 1.38 bits per heavy atom. The van der Waals surface area contributed by atoms with Crippen LogP contribution < -0.4 is 9.47 Å². The molecular weight excluding hydrogens is 330 g/mol. The lowest BCUT2D eigenvalue weighted by Gasteiger charge is -2.35. The van der Waals surface area contributed by atoms with Crippen molar-refractivity contribution in [1.82, 2.24) is 4.90 Å². The van der Waals surface area contributed by atoms with Gasteiger partial charge >= 0.3 is 5.97 Å². The van der Waals surface area contributed by atoms with Gasteiger partial charge in [-0.3, -0.25) is 4.79 Å². The summed E-state index contributed by atoms with van der Waals surface area (Å²) in [4.78, 5) is 14.7. The largest absolute Gasteiger partial charge is 0.485 e. The first-order valence-electron chi connectivity index (χ1n) is 9.67. The minimum absolute atomic E-state index is 0.0338. The summed E-state index contributed by atoms with van der Waals surface area (Å²) in [7, 11) is 2.13. The fraction of sp³-hybridized carbons (Fsp3) is 0.571. The third-order valence-electron chi connectivity index (χ3n) is 6.58. The van der Waals surface area contributed by atoms with Gasteiger partial charge in [0.15, 0.2) is 11.5 Å². The van der Waals surface area contributed by atoms with Gasteiger partial charge in [-0.2, -0.15) is 0 Å². The molecule has 1 spiro atoms. The second-order valence-electron chi connectivity index (χ2n) is 8.27. The molecule has 138 valence electrons. The van der Waals surface area contributed by atoms with Crippen molar-refractivity contribution >= 4 is 5.97 Å². The number of aliphatic hydroxyl groups excluding tert-OH is 1. The van der Waals surface area contributed by atoms with Crippen LogP contribution >= 0.6 is 0 Å². The van der Waals surface area contributed by atoms with Crippen molar-refractivity contribution in [1.29, 1.82) is 0 Å². The van der Waals surface area contributed by atoms with Crippen molar-refractivity contribution in [3.63, 3.8) is 0 Å². The summed E-state index contributed by atoms with van der Waals surface area (Å²) in [5.74, 6) is 1.16. The number of hydrogen-bond acceptors (Lipinski definition) is 5. The molecule has 0 radical (unpaired) electrons. The van der Waals surface area contributed by atoms with Gasteiger partial charge in [-0.1, -0.05) is 24.6 Å². The molecule has 5 rings (SSSR count). The molecule has 5 heteroatoms. The monoisotopic (exact) mass is 355 g/mol. The van der Waals surface area contributed by atoms with E-state index in [4.69, 9.17) is 9.47 Å². The number of rotatable bonds is 2. The highest BCUT2D eigenvalue weighted by Gasteiger charge is 2.52. The van der Waals surface area contributed by atoms with E-state index in [0.29, 0.717) is 17.9 Å². The highest BCUT2D eigenvalue weighted by molar-refractivity contribution is 5.77. The van der Waals surface area contributed by atoms with E-state index >= 15 is 0 Å². The second-order valence-corrected chi connectivity index (χ2v) is 8.27. The molecule has 1 unspecified atom stereocenters. The van der Waals surface area contributed by atoms with Crippen LogP contribution in [0.4, 0.5) is 0 Å². The minimum atomic E-state index is -0.481. The fourth-order valence-electron chi connectivity index (χ4n) is 4.83. The standard InChI is InChI=1S/C21H25NO4/c1-22-10-9-21-8-7-15(23)11-17(21)26-19-16(6-5-14(12-22)18(19)21)25-20(24)13-3-2-4-13/h5-8,13,15,17,23H,2-4,9-12H2,1H3/t15-,17-,21?/m0/s1. The van der Waals surface area contributed by atoms with E-state index in [0.717, 1.165) is 44.3 Å². The van der Waals surface area contributed by atoms with Crippen molar-refractivity contribution in [2.24, 2.45) is 5.92 Å². The van der Waals surface area contributed by atoms with Gasteiger partial charge in [0.1, 0.15) is 6.10 Å². The predicted molar refractivity (Wildman–Crippen MR) is 96.2 cm³/mol. The molecule has 2 aliphatic carbocycles. The van der Waals surface area contributed by atoms with E-state index in [-0.39, 0.29) is 23.4 Å². The van der Waals surface area contributed by atoms with Crippen molar-refractivity contribution in [2.45, 2.75) is 56.3 Å². The van der Waals surface area contributed by atoms with Gasteiger partial charge in [-0.05, 0) is 44.5 Å². The Kier molecular flexibility index (Phi) is 3.66. The first-order valence-corrected chi connectivity index (χ1v) is 9.67. The zero-order valence-electron chi connectivity index (χ0n) is 15.1. The van der Waals surface area contributed by atoms with E-state index in [9.17, 15) is 9.90 Å². The molecule has 0 aromatic heterocycles. The van der Waals surface area contributed by atoms with Gasteiger partial charge in [0.2, 0.25) is 0 Å². The van der Waals surface area contributed by atoms with Crippen LogP contribution in [0.5, 0.6) is 11.5 Å². The molecule has 26 heavy (non-hydrogen) atoms. The summed E-state index contributed by atoms with van der Waals surface area (Å²) in [5.41, 5.74) is 2.16. The molecule has 1 aromatic carbocycles. The van der Waals surface area contributed by atoms with Crippen LogP contribution in [0.2, 0.25) is 0 Å². The van der Waals surface area contributed by atoms with Gasteiger partial charge < -0.3 is 19.5 Å². The zero-order valence-corrected chi connectivity index (χ0v) is 15.1. The van der Waals surface area contributed by atoms with E-state index in [2.05, 4.69) is 24.1 Å². The van der Waals surface area contributed by atoms with Gasteiger partial charge in [0.05, 0.1) is 17.4 Å². The summed E-state index contributed by atoms with van der Waals surface area (Å²) in [6.07, 6.45) is 7.92. The molecule has 1 N–H and O–H groups in total. The first-order chi connectivity index (χ1) is 12.6. The average molecular weight is 355 g/mol. The molecule has 2 heterocycles. The lowest BCUT2D eigenvalue weighted by Crippen LogP contribution is -2.42. The number of ether oxygens (including phenoxy) is 2. The molecule has 4 aliphatic rings. The van der Waals surface area contributed by atoms with Gasteiger partial charge in [-0.15, -0.1) is 0 Å². The zero-order chi connectivity index (χ0) is 17.9. The van der Waals surface area contributed by atoms with Gasteiger partial charge in [0, 0.05) is 18.5 Å². The quantitative estimate of drug-likeness (QED) is 0.502. The molecule has 2 aliphatic heterocycles. The predicted octanol–water partition coefficient (Wildman–Crippen LogP) is 2.55. The van der Waals surface area contributed by atoms with Crippen LogP contribution in [0.1, 0.15) is 43.2 Å². The van der Waals surface area contributed by atoms with E-state index in [1.54, 1.807) is 0 Å². The Morgan fingerprint density at radius 3 is 3.00 bits per heavy atom. The highest BCUT2D eigenvalue weighted by Crippen LogP contribution is 2.55. The lowest BCUT2D eigenvalue weighted by molar-refractivity contribution is -0.141. The normalized spacial score (nSPS) is 32.8. The first kappa shape index (κ1) is 16.3. The summed E-state index contributed by atoms with van der Waals surface area (Å²) < 4.78 is 12.1. The highest BCUT2D eigenvalue weighted by atomic mass is 16.6. The number of carbonyl (C=O) groups excluding carboxylic acids is 1. The van der Waals surface area contributed by atoms with E-state index < -0.39 is 6.10 Å². The third-order valence-corrected chi connectivity index (χ3v) is 6.58.